The fraction of sp³-hybridized carbons (Fsp3) is 0.818. The molecule has 0 saturated heterocycles. The van der Waals surface area contributed by atoms with E-state index >= 15 is 0 Å². The van der Waals surface area contributed by atoms with E-state index in [1.54, 1.807) is 0 Å². The van der Waals surface area contributed by atoms with E-state index in [1.807, 2.05) is 6.08 Å². The smallest absolute Gasteiger partial charge is 0.0132 e. The molecule has 0 radical (unpaired) electrons. The molecule has 1 fully saturated rings. The molecular formula is C11H21N. The van der Waals surface area contributed by atoms with Crippen LogP contribution in [0.25, 0.3) is 0 Å². The molecule has 0 bridgehead atoms. The SMILES string of the molecule is C=CCNCCCC1CCCC1. The summed E-state index contributed by atoms with van der Waals surface area (Å²) in [5.74, 6) is 1.05. The lowest BCUT2D eigenvalue weighted by Gasteiger charge is -2.07. The van der Waals surface area contributed by atoms with Crippen molar-refractivity contribution >= 4 is 0 Å². The van der Waals surface area contributed by atoms with Gasteiger partial charge in [0.2, 0.25) is 0 Å². The Morgan fingerprint density at radius 2 is 2.08 bits per heavy atom. The first-order valence-electron chi connectivity index (χ1n) is 5.25. The molecule has 1 saturated carbocycles. The highest BCUT2D eigenvalue weighted by Gasteiger charge is 2.13. The van der Waals surface area contributed by atoms with Crippen LogP contribution in [-0.2, 0) is 0 Å². The molecule has 1 aliphatic carbocycles. The van der Waals surface area contributed by atoms with Crippen molar-refractivity contribution in [3.63, 3.8) is 0 Å². The van der Waals surface area contributed by atoms with Gasteiger partial charge in [-0.15, -0.1) is 6.58 Å². The first-order chi connectivity index (χ1) is 5.93. The van der Waals surface area contributed by atoms with E-state index in [1.165, 1.54) is 45.1 Å². The fourth-order valence-electron chi connectivity index (χ4n) is 2.02. The van der Waals surface area contributed by atoms with E-state index in [0.29, 0.717) is 0 Å². The summed E-state index contributed by atoms with van der Waals surface area (Å²) >= 11 is 0. The van der Waals surface area contributed by atoms with Crippen molar-refractivity contribution in [2.45, 2.75) is 38.5 Å². The minimum absolute atomic E-state index is 0.963. The van der Waals surface area contributed by atoms with Crippen LogP contribution in [0.1, 0.15) is 38.5 Å². The lowest BCUT2D eigenvalue weighted by atomic mass is 10.0. The van der Waals surface area contributed by atoms with Gasteiger partial charge in [0.05, 0.1) is 0 Å². The summed E-state index contributed by atoms with van der Waals surface area (Å²) < 4.78 is 0. The van der Waals surface area contributed by atoms with Crippen LogP contribution in [0.3, 0.4) is 0 Å². The zero-order chi connectivity index (χ0) is 8.65. The second-order valence-electron chi connectivity index (χ2n) is 3.79. The topological polar surface area (TPSA) is 12.0 Å². The Labute approximate surface area is 76.2 Å². The average molecular weight is 167 g/mol. The van der Waals surface area contributed by atoms with E-state index in [4.69, 9.17) is 0 Å². The molecule has 0 aliphatic heterocycles. The van der Waals surface area contributed by atoms with Crippen LogP contribution in [0.2, 0.25) is 0 Å². The lowest BCUT2D eigenvalue weighted by Crippen LogP contribution is -2.15. The third kappa shape index (κ3) is 3.91. The molecule has 0 atom stereocenters. The van der Waals surface area contributed by atoms with E-state index in [2.05, 4.69) is 11.9 Å². The van der Waals surface area contributed by atoms with Gasteiger partial charge >= 0.3 is 0 Å². The molecule has 0 amide bonds. The van der Waals surface area contributed by atoms with Gasteiger partial charge < -0.3 is 5.32 Å². The highest BCUT2D eigenvalue weighted by atomic mass is 14.8. The molecular weight excluding hydrogens is 146 g/mol. The Morgan fingerprint density at radius 1 is 1.33 bits per heavy atom. The highest BCUT2D eigenvalue weighted by molar-refractivity contribution is 4.71. The minimum Gasteiger partial charge on any atom is -0.313 e. The largest absolute Gasteiger partial charge is 0.313 e. The van der Waals surface area contributed by atoms with Crippen molar-refractivity contribution in [2.24, 2.45) is 5.92 Å². The molecule has 1 N–H and O–H groups in total. The molecule has 1 rings (SSSR count). The molecule has 1 heteroatoms. The number of nitrogens with one attached hydrogen (secondary N) is 1. The van der Waals surface area contributed by atoms with Gasteiger partial charge in [0, 0.05) is 6.54 Å². The molecule has 1 aliphatic rings. The van der Waals surface area contributed by atoms with E-state index in [0.717, 1.165) is 12.5 Å². The van der Waals surface area contributed by atoms with Gasteiger partial charge in [-0.3, -0.25) is 0 Å². The number of hydrogen-bond acceptors (Lipinski definition) is 1. The van der Waals surface area contributed by atoms with Crippen LogP contribution < -0.4 is 5.32 Å². The van der Waals surface area contributed by atoms with Gasteiger partial charge in [0.25, 0.3) is 0 Å². The second kappa shape index (κ2) is 6.24. The maximum absolute atomic E-state index is 3.67. The van der Waals surface area contributed by atoms with Crippen molar-refractivity contribution in [1.29, 1.82) is 0 Å². The van der Waals surface area contributed by atoms with Crippen LogP contribution in [-0.4, -0.2) is 13.1 Å². The molecule has 0 aromatic rings. The predicted octanol–water partition coefficient (Wildman–Crippen LogP) is 2.73. The third-order valence-corrected chi connectivity index (χ3v) is 2.73. The van der Waals surface area contributed by atoms with Crippen molar-refractivity contribution < 1.29 is 0 Å². The number of hydrogen-bond donors (Lipinski definition) is 1. The normalized spacial score (nSPS) is 18.3. The van der Waals surface area contributed by atoms with E-state index in [-0.39, 0.29) is 0 Å². The summed E-state index contributed by atoms with van der Waals surface area (Å²) in [6.07, 6.45) is 10.6. The van der Waals surface area contributed by atoms with Gasteiger partial charge in [-0.05, 0) is 25.3 Å². The molecule has 12 heavy (non-hydrogen) atoms. The molecule has 70 valence electrons. The quantitative estimate of drug-likeness (QED) is 0.474. The Bertz CT molecular complexity index is 114. The summed E-state index contributed by atoms with van der Waals surface area (Å²) in [5.41, 5.74) is 0. The summed E-state index contributed by atoms with van der Waals surface area (Å²) in [6, 6.07) is 0. The highest BCUT2D eigenvalue weighted by Crippen LogP contribution is 2.28. The van der Waals surface area contributed by atoms with E-state index in [9.17, 15) is 0 Å². The standard InChI is InChI=1S/C11H21N/c1-2-9-12-10-5-8-11-6-3-4-7-11/h2,11-12H,1,3-10H2. The second-order valence-corrected chi connectivity index (χ2v) is 3.79. The molecule has 0 unspecified atom stereocenters. The van der Waals surface area contributed by atoms with Gasteiger partial charge in [0.1, 0.15) is 0 Å². The fourth-order valence-corrected chi connectivity index (χ4v) is 2.02. The molecule has 0 spiro atoms. The molecule has 0 aromatic carbocycles. The third-order valence-electron chi connectivity index (χ3n) is 2.73. The van der Waals surface area contributed by atoms with E-state index < -0.39 is 0 Å². The van der Waals surface area contributed by atoms with Crippen LogP contribution in [0, 0.1) is 5.92 Å². The summed E-state index contributed by atoms with van der Waals surface area (Å²) in [4.78, 5) is 0. The Kier molecular flexibility index (Phi) is 5.09. The van der Waals surface area contributed by atoms with Crippen molar-refractivity contribution in [3.8, 4) is 0 Å². The zero-order valence-electron chi connectivity index (χ0n) is 8.02. The van der Waals surface area contributed by atoms with Gasteiger partial charge in [0.15, 0.2) is 0 Å². The first-order valence-corrected chi connectivity index (χ1v) is 5.25. The Balaban J connectivity index is 1.84. The Morgan fingerprint density at radius 3 is 2.75 bits per heavy atom. The minimum atomic E-state index is 0.963. The maximum Gasteiger partial charge on any atom is 0.0132 e. The summed E-state index contributed by atoms with van der Waals surface area (Å²) in [7, 11) is 0. The molecule has 0 heterocycles. The van der Waals surface area contributed by atoms with Crippen LogP contribution in [0.5, 0.6) is 0 Å². The first kappa shape index (κ1) is 9.79. The van der Waals surface area contributed by atoms with Crippen LogP contribution in [0.15, 0.2) is 12.7 Å². The lowest BCUT2D eigenvalue weighted by molar-refractivity contribution is 0.475. The molecule has 1 nitrogen and oxygen atoms in total. The van der Waals surface area contributed by atoms with Crippen LogP contribution in [0.4, 0.5) is 0 Å². The van der Waals surface area contributed by atoms with Gasteiger partial charge in [-0.1, -0.05) is 31.8 Å². The van der Waals surface area contributed by atoms with Gasteiger partial charge in [-0.2, -0.15) is 0 Å². The van der Waals surface area contributed by atoms with Gasteiger partial charge in [-0.25, -0.2) is 0 Å². The summed E-state index contributed by atoms with van der Waals surface area (Å²) in [5, 5.41) is 3.34. The van der Waals surface area contributed by atoms with Crippen molar-refractivity contribution in [1.82, 2.24) is 5.32 Å². The molecule has 0 aromatic heterocycles. The summed E-state index contributed by atoms with van der Waals surface area (Å²) in [6.45, 7) is 5.81. The van der Waals surface area contributed by atoms with Crippen molar-refractivity contribution in [2.75, 3.05) is 13.1 Å². The Hall–Kier alpha value is -0.300. The maximum atomic E-state index is 3.67. The zero-order valence-corrected chi connectivity index (χ0v) is 8.02. The van der Waals surface area contributed by atoms with Crippen molar-refractivity contribution in [3.05, 3.63) is 12.7 Å². The predicted molar refractivity (Wildman–Crippen MR) is 54.3 cm³/mol. The number of rotatable bonds is 6. The van der Waals surface area contributed by atoms with Crippen LogP contribution >= 0.6 is 0 Å². The monoisotopic (exact) mass is 167 g/mol. The average Bonchev–Trinajstić information content (AvgIpc) is 2.57.